The van der Waals surface area contributed by atoms with E-state index in [9.17, 15) is 9.59 Å². The average Bonchev–Trinajstić information content (AvgIpc) is 3.27. The number of fused-ring (bicyclic) bond motifs is 3. The molecule has 3 aromatic carbocycles. The van der Waals surface area contributed by atoms with E-state index in [4.69, 9.17) is 9.47 Å². The van der Waals surface area contributed by atoms with Crippen LogP contribution in [0.25, 0.3) is 10.9 Å². The number of methoxy groups -OCH3 is 2. The summed E-state index contributed by atoms with van der Waals surface area (Å²) in [6, 6.07) is 22.2. The lowest BCUT2D eigenvalue weighted by molar-refractivity contribution is 0.0602. The molecule has 2 amide bonds. The summed E-state index contributed by atoms with van der Waals surface area (Å²) in [4.78, 5) is 31.1. The largest absolute Gasteiger partial charge is 0.497 e. The van der Waals surface area contributed by atoms with Crippen molar-refractivity contribution in [2.45, 2.75) is 12.5 Å². The lowest BCUT2D eigenvalue weighted by Crippen LogP contribution is -2.43. The molecular formula is C27H25N3O4. The fourth-order valence-corrected chi connectivity index (χ4v) is 4.66. The van der Waals surface area contributed by atoms with Crippen LogP contribution in [0.5, 0.6) is 5.75 Å². The summed E-state index contributed by atoms with van der Waals surface area (Å²) in [5.41, 5.74) is 4.94. The molecule has 0 saturated carbocycles. The third kappa shape index (κ3) is 3.75. The zero-order chi connectivity index (χ0) is 23.7. The van der Waals surface area contributed by atoms with Crippen molar-refractivity contribution < 1.29 is 19.1 Å². The van der Waals surface area contributed by atoms with E-state index >= 15 is 0 Å². The number of amides is 2. The van der Waals surface area contributed by atoms with Crippen molar-refractivity contribution in [3.05, 3.63) is 95.2 Å². The van der Waals surface area contributed by atoms with Crippen molar-refractivity contribution in [2.75, 3.05) is 26.1 Å². The van der Waals surface area contributed by atoms with Crippen molar-refractivity contribution >= 4 is 28.6 Å². The van der Waals surface area contributed by atoms with Gasteiger partial charge < -0.3 is 24.7 Å². The minimum Gasteiger partial charge on any atom is -0.497 e. The molecule has 1 atom stereocenters. The van der Waals surface area contributed by atoms with E-state index in [1.54, 1.807) is 36.3 Å². The molecule has 7 nitrogen and oxygen atoms in total. The van der Waals surface area contributed by atoms with Gasteiger partial charge in [-0.15, -0.1) is 0 Å². The fourth-order valence-electron chi connectivity index (χ4n) is 4.66. The number of anilines is 1. The molecule has 5 rings (SSSR count). The predicted molar refractivity (Wildman–Crippen MR) is 130 cm³/mol. The van der Waals surface area contributed by atoms with Crippen LogP contribution < -0.4 is 10.1 Å². The van der Waals surface area contributed by atoms with Gasteiger partial charge in [-0.25, -0.2) is 9.59 Å². The standard InChI is InChI=1S/C27H25N3O4/c1-33-18-13-11-17(12-14-18)25-24-20(19-7-3-5-9-22(19)28-24)15-16-30(25)27(32)29-23-10-6-4-8-21(23)26(31)34-2/h3-14,25,28H,15-16H2,1-2H3,(H,29,32). The van der Waals surface area contributed by atoms with Crippen molar-refractivity contribution in [3.8, 4) is 5.75 Å². The molecule has 172 valence electrons. The van der Waals surface area contributed by atoms with Gasteiger partial charge in [0.2, 0.25) is 0 Å². The fraction of sp³-hybridized carbons (Fsp3) is 0.185. The first-order valence-corrected chi connectivity index (χ1v) is 11.1. The van der Waals surface area contributed by atoms with Gasteiger partial charge >= 0.3 is 12.0 Å². The summed E-state index contributed by atoms with van der Waals surface area (Å²) >= 11 is 0. The molecule has 1 aliphatic heterocycles. The van der Waals surface area contributed by atoms with Crippen LogP contribution >= 0.6 is 0 Å². The topological polar surface area (TPSA) is 83.7 Å². The van der Waals surface area contributed by atoms with Crippen molar-refractivity contribution in [1.29, 1.82) is 0 Å². The van der Waals surface area contributed by atoms with Gasteiger partial charge in [0.1, 0.15) is 5.75 Å². The summed E-state index contributed by atoms with van der Waals surface area (Å²) in [5, 5.41) is 4.10. The summed E-state index contributed by atoms with van der Waals surface area (Å²) in [5.74, 6) is 0.249. The Balaban J connectivity index is 1.56. The Morgan fingerprint density at radius 1 is 0.971 bits per heavy atom. The second-order valence-electron chi connectivity index (χ2n) is 8.15. The minimum atomic E-state index is -0.501. The van der Waals surface area contributed by atoms with Crippen LogP contribution in [-0.4, -0.2) is 42.6 Å². The number of aromatic nitrogens is 1. The van der Waals surface area contributed by atoms with Gasteiger partial charge in [-0.3, -0.25) is 0 Å². The molecule has 1 unspecified atom stereocenters. The number of rotatable bonds is 4. The average molecular weight is 456 g/mol. The predicted octanol–water partition coefficient (Wildman–Crippen LogP) is 5.14. The SMILES string of the molecule is COC(=O)c1ccccc1NC(=O)N1CCc2c([nH]c3ccccc23)C1c1ccc(OC)cc1. The van der Waals surface area contributed by atoms with Gasteiger partial charge in [0, 0.05) is 23.1 Å². The van der Waals surface area contributed by atoms with E-state index in [1.807, 2.05) is 36.4 Å². The zero-order valence-corrected chi connectivity index (χ0v) is 19.0. The number of H-pyrrole nitrogens is 1. The number of hydrogen-bond donors (Lipinski definition) is 2. The van der Waals surface area contributed by atoms with Gasteiger partial charge in [0.05, 0.1) is 31.5 Å². The smallest absolute Gasteiger partial charge is 0.339 e. The maximum Gasteiger partial charge on any atom is 0.339 e. The van der Waals surface area contributed by atoms with Gasteiger partial charge in [0.25, 0.3) is 0 Å². The Morgan fingerprint density at radius 3 is 2.47 bits per heavy atom. The monoisotopic (exact) mass is 455 g/mol. The number of ether oxygens (including phenoxy) is 2. The molecule has 2 N–H and O–H groups in total. The van der Waals surface area contributed by atoms with Crippen molar-refractivity contribution in [3.63, 3.8) is 0 Å². The molecule has 0 spiro atoms. The molecule has 1 aromatic heterocycles. The van der Waals surface area contributed by atoms with Crippen LogP contribution in [-0.2, 0) is 11.2 Å². The Hall–Kier alpha value is -4.26. The summed E-state index contributed by atoms with van der Waals surface area (Å²) in [6.07, 6.45) is 0.720. The molecule has 0 saturated heterocycles. The number of aromatic amines is 1. The third-order valence-electron chi connectivity index (χ3n) is 6.30. The molecule has 0 aliphatic carbocycles. The maximum absolute atomic E-state index is 13.6. The van der Waals surface area contributed by atoms with Crippen LogP contribution in [0.2, 0.25) is 0 Å². The summed E-state index contributed by atoms with van der Waals surface area (Å²) in [6.45, 7) is 0.526. The van der Waals surface area contributed by atoms with Crippen LogP contribution in [0.15, 0.2) is 72.8 Å². The highest BCUT2D eigenvalue weighted by atomic mass is 16.5. The molecule has 7 heteroatoms. The van der Waals surface area contributed by atoms with Crippen LogP contribution in [0.3, 0.4) is 0 Å². The molecule has 0 fully saturated rings. The highest BCUT2D eigenvalue weighted by Crippen LogP contribution is 2.39. The van der Waals surface area contributed by atoms with E-state index in [2.05, 4.69) is 22.4 Å². The first-order valence-electron chi connectivity index (χ1n) is 11.1. The number of esters is 1. The number of carbonyl (C=O) groups is 2. The highest BCUT2D eigenvalue weighted by molar-refractivity contribution is 6.01. The van der Waals surface area contributed by atoms with Crippen LogP contribution in [0.1, 0.15) is 33.2 Å². The van der Waals surface area contributed by atoms with Crippen LogP contribution in [0, 0.1) is 0 Å². The van der Waals surface area contributed by atoms with Gasteiger partial charge in [0.15, 0.2) is 0 Å². The number of nitrogens with zero attached hydrogens (tertiary/aromatic N) is 1. The number of hydrogen-bond acceptors (Lipinski definition) is 4. The molecule has 0 bridgehead atoms. The molecule has 34 heavy (non-hydrogen) atoms. The second-order valence-corrected chi connectivity index (χ2v) is 8.15. The molecule has 4 aromatic rings. The molecule has 2 heterocycles. The number of para-hydroxylation sites is 2. The van der Waals surface area contributed by atoms with Crippen LogP contribution in [0.4, 0.5) is 10.5 Å². The van der Waals surface area contributed by atoms with Gasteiger partial charge in [-0.05, 0) is 47.9 Å². The maximum atomic E-state index is 13.6. The number of urea groups is 1. The number of nitrogens with one attached hydrogen (secondary N) is 2. The Morgan fingerprint density at radius 2 is 1.71 bits per heavy atom. The van der Waals surface area contributed by atoms with E-state index in [0.29, 0.717) is 17.8 Å². The van der Waals surface area contributed by atoms with Gasteiger partial charge in [-0.2, -0.15) is 0 Å². The summed E-state index contributed by atoms with van der Waals surface area (Å²) < 4.78 is 10.2. The Labute approximate surface area is 197 Å². The van der Waals surface area contributed by atoms with E-state index in [1.165, 1.54) is 18.1 Å². The normalized spacial score (nSPS) is 15.0. The minimum absolute atomic E-state index is 0.290. The third-order valence-corrected chi connectivity index (χ3v) is 6.30. The van der Waals surface area contributed by atoms with Crippen molar-refractivity contribution in [1.82, 2.24) is 9.88 Å². The van der Waals surface area contributed by atoms with Gasteiger partial charge in [-0.1, -0.05) is 42.5 Å². The highest BCUT2D eigenvalue weighted by Gasteiger charge is 2.35. The lowest BCUT2D eigenvalue weighted by Gasteiger charge is -2.36. The van der Waals surface area contributed by atoms with E-state index in [0.717, 1.165) is 28.9 Å². The summed E-state index contributed by atoms with van der Waals surface area (Å²) in [7, 11) is 2.95. The lowest BCUT2D eigenvalue weighted by atomic mass is 9.92. The van der Waals surface area contributed by atoms with Crippen molar-refractivity contribution in [2.24, 2.45) is 0 Å². The first-order chi connectivity index (χ1) is 16.6. The van der Waals surface area contributed by atoms with E-state index < -0.39 is 5.97 Å². The number of benzene rings is 3. The molecule has 1 aliphatic rings. The quantitative estimate of drug-likeness (QED) is 0.417. The molecule has 0 radical (unpaired) electrons. The molecular weight excluding hydrogens is 430 g/mol. The van der Waals surface area contributed by atoms with E-state index in [-0.39, 0.29) is 12.1 Å². The second kappa shape index (κ2) is 8.94. The Kier molecular flexibility index (Phi) is 5.67. The first kappa shape index (κ1) is 21.6. The zero-order valence-electron chi connectivity index (χ0n) is 19.0. The number of carbonyl (C=O) groups excluding carboxylic acids is 2. The Bertz CT molecular complexity index is 1360.